The van der Waals surface area contributed by atoms with E-state index in [1.165, 1.54) is 43.4 Å². The number of anilines is 2. The average Bonchev–Trinajstić information content (AvgIpc) is 2.98. The van der Waals surface area contributed by atoms with Crippen LogP contribution in [0.4, 0.5) is 20.2 Å². The Labute approximate surface area is 200 Å². The molecule has 0 radical (unpaired) electrons. The second-order valence-corrected chi connectivity index (χ2v) is 8.81. The van der Waals surface area contributed by atoms with E-state index in [1.54, 1.807) is 0 Å². The number of alkyl halides is 3. The molecule has 1 saturated heterocycles. The van der Waals surface area contributed by atoms with E-state index in [1.807, 2.05) is 0 Å². The van der Waals surface area contributed by atoms with E-state index in [4.69, 9.17) is 34.8 Å². The van der Waals surface area contributed by atoms with Gasteiger partial charge in [-0.15, -0.1) is 8.78 Å². The Morgan fingerprint density at radius 3 is 2.38 bits per heavy atom. The predicted octanol–water partition coefficient (Wildman–Crippen LogP) is 5.33. The van der Waals surface area contributed by atoms with Gasteiger partial charge >= 0.3 is 5.57 Å². The number of aromatic hydroxyl groups is 1. The summed E-state index contributed by atoms with van der Waals surface area (Å²) >= 11 is 17.6. The molecule has 0 spiro atoms. The number of halogens is 5. The van der Waals surface area contributed by atoms with Crippen molar-refractivity contribution in [1.82, 2.24) is 0 Å². The second kappa shape index (κ2) is 9.70. The Balaban J connectivity index is 1.71. The maximum Gasteiger partial charge on any atom is 0.487 e. The van der Waals surface area contributed by atoms with E-state index in [0.29, 0.717) is 10.9 Å². The van der Waals surface area contributed by atoms with Gasteiger partial charge in [0.05, 0.1) is 15.7 Å². The van der Waals surface area contributed by atoms with Gasteiger partial charge in [0.15, 0.2) is 10.9 Å². The number of imide groups is 1. The van der Waals surface area contributed by atoms with Gasteiger partial charge < -0.3 is 15.2 Å². The van der Waals surface area contributed by atoms with Gasteiger partial charge in [-0.05, 0) is 36.4 Å². The fourth-order valence-electron chi connectivity index (χ4n) is 2.80. The fourth-order valence-corrected chi connectivity index (χ4v) is 4.36. The zero-order valence-corrected chi connectivity index (χ0v) is 19.2. The van der Waals surface area contributed by atoms with E-state index < -0.39 is 22.6 Å². The largest absolute Gasteiger partial charge is 0.505 e. The molecule has 0 aromatic heterocycles. The highest BCUT2D eigenvalue weighted by Crippen LogP contribution is 2.36. The molecular formula is C19H14Cl3F2N3O4S. The monoisotopic (exact) mass is 523 g/mol. The number of rotatable bonds is 5. The van der Waals surface area contributed by atoms with E-state index in [0.717, 1.165) is 16.7 Å². The highest BCUT2D eigenvalue weighted by atomic mass is 35.5. The quantitative estimate of drug-likeness (QED) is 0.181. The summed E-state index contributed by atoms with van der Waals surface area (Å²) in [5.74, 6) is -1.45. The molecule has 2 N–H and O–H groups in total. The van der Waals surface area contributed by atoms with Gasteiger partial charge in [0.25, 0.3) is 0 Å². The van der Waals surface area contributed by atoms with Gasteiger partial charge in [0, 0.05) is 30.8 Å². The van der Waals surface area contributed by atoms with Crippen LogP contribution in [-0.4, -0.2) is 40.0 Å². The third-order valence-electron chi connectivity index (χ3n) is 4.16. The van der Waals surface area contributed by atoms with E-state index in [-0.39, 0.29) is 33.7 Å². The molecule has 1 atom stereocenters. The van der Waals surface area contributed by atoms with Crippen molar-refractivity contribution in [3.8, 4) is 11.5 Å². The van der Waals surface area contributed by atoms with Gasteiger partial charge in [0.1, 0.15) is 11.0 Å². The first-order valence-corrected chi connectivity index (χ1v) is 10.8. The normalized spacial score (nSPS) is 17.1. The first-order chi connectivity index (χ1) is 15.0. The van der Waals surface area contributed by atoms with Crippen LogP contribution in [-0.2, 0) is 9.59 Å². The Morgan fingerprint density at radius 1 is 1.25 bits per heavy atom. The number of aliphatic imine (C=N–C) groups is 1. The summed E-state index contributed by atoms with van der Waals surface area (Å²) in [7, 11) is 1.49. The number of ether oxygens (including phenoxy) is 1. The number of hydrogen-bond donors (Lipinski definition) is 2. The summed E-state index contributed by atoms with van der Waals surface area (Å²) in [5, 5.41) is 12.2. The fraction of sp³-hybridized carbons (Fsp3) is 0.211. The highest BCUT2D eigenvalue weighted by Gasteiger charge is 2.41. The summed E-state index contributed by atoms with van der Waals surface area (Å²) < 4.78 is 29.7. The van der Waals surface area contributed by atoms with Crippen LogP contribution in [0.2, 0.25) is 10.0 Å². The molecule has 7 nitrogen and oxygen atoms in total. The van der Waals surface area contributed by atoms with Crippen LogP contribution in [0.5, 0.6) is 11.5 Å². The first kappa shape index (κ1) is 24.4. The van der Waals surface area contributed by atoms with Crippen molar-refractivity contribution in [2.45, 2.75) is 17.2 Å². The highest BCUT2D eigenvalue weighted by molar-refractivity contribution is 8.15. The molecule has 1 heterocycles. The minimum atomic E-state index is -3.88. The molecule has 0 unspecified atom stereocenters. The Bertz CT molecular complexity index is 1060. The van der Waals surface area contributed by atoms with Crippen LogP contribution >= 0.6 is 46.6 Å². The minimum Gasteiger partial charge on any atom is -0.505 e. The molecule has 13 heteroatoms. The zero-order valence-electron chi connectivity index (χ0n) is 16.1. The smallest absolute Gasteiger partial charge is 0.487 e. The van der Waals surface area contributed by atoms with Crippen molar-refractivity contribution in [3.63, 3.8) is 0 Å². The van der Waals surface area contributed by atoms with Gasteiger partial charge in [-0.1, -0.05) is 35.0 Å². The third kappa shape index (κ3) is 5.74. The van der Waals surface area contributed by atoms with Crippen LogP contribution in [0.1, 0.15) is 6.42 Å². The Hall–Kier alpha value is -2.27. The van der Waals surface area contributed by atoms with Crippen molar-refractivity contribution in [2.24, 2.45) is 4.99 Å². The number of carbonyl (C=O) groups is 2. The van der Waals surface area contributed by atoms with Crippen LogP contribution in [0.15, 0.2) is 41.4 Å². The molecule has 2 aromatic carbocycles. The van der Waals surface area contributed by atoms with Crippen LogP contribution in [0.25, 0.3) is 0 Å². The lowest BCUT2D eigenvalue weighted by molar-refractivity contribution is -0.121. The second-order valence-electron chi connectivity index (χ2n) is 6.36. The number of amidine groups is 1. The van der Waals surface area contributed by atoms with Crippen LogP contribution < -0.4 is 15.0 Å². The zero-order chi connectivity index (χ0) is 23.6. The molecular weight excluding hydrogens is 511 g/mol. The van der Waals surface area contributed by atoms with Gasteiger partial charge in [-0.3, -0.25) is 14.6 Å². The summed E-state index contributed by atoms with van der Waals surface area (Å²) in [4.78, 5) is 30.3. The number of nitrogens with one attached hydrogen (secondary N) is 1. The Kier molecular flexibility index (Phi) is 7.39. The maximum atomic E-state index is 12.8. The molecule has 1 fully saturated rings. The number of benzene rings is 2. The predicted molar refractivity (Wildman–Crippen MR) is 121 cm³/mol. The maximum absolute atomic E-state index is 12.8. The molecule has 2 aromatic rings. The number of nitrogens with zero attached hydrogens (tertiary/aromatic N) is 2. The summed E-state index contributed by atoms with van der Waals surface area (Å²) in [6.45, 7) is 0. The topological polar surface area (TPSA) is 91.2 Å². The van der Waals surface area contributed by atoms with E-state index >= 15 is 0 Å². The van der Waals surface area contributed by atoms with Gasteiger partial charge in [0.2, 0.25) is 11.8 Å². The summed E-state index contributed by atoms with van der Waals surface area (Å²) in [5.41, 5.74) is -3.25. The van der Waals surface area contributed by atoms with Crippen molar-refractivity contribution >= 4 is 74.9 Å². The lowest BCUT2D eigenvalue weighted by Crippen LogP contribution is -2.31. The number of thioether (sulfide) groups is 1. The molecule has 3 rings (SSSR count). The Morgan fingerprint density at radius 2 is 1.84 bits per heavy atom. The van der Waals surface area contributed by atoms with E-state index in [2.05, 4.69) is 15.0 Å². The molecule has 1 aliphatic heterocycles. The minimum absolute atomic E-state index is 0.0260. The number of hydrogen-bond acceptors (Lipinski definition) is 6. The first-order valence-electron chi connectivity index (χ1n) is 8.79. The number of phenolic OH excluding ortho intramolecular Hbond substituents is 1. The van der Waals surface area contributed by atoms with Crippen molar-refractivity contribution < 1.29 is 28.2 Å². The molecule has 2 amide bonds. The molecule has 0 aliphatic carbocycles. The standard InChI is InChI=1S/C19H14Cl3F2N3O4S/c1-25-18(26-9-6-12(20)16(29)13(21)7-9)32-14-8-15(28)27(17(14)30)10-2-4-11(5-3-10)31-19(22,23)24/h2-7,14,29H,8H2,1H3,(H,25,26)/t14-/m1/s1. The lowest BCUT2D eigenvalue weighted by Gasteiger charge is -2.17. The van der Waals surface area contributed by atoms with Crippen molar-refractivity contribution in [3.05, 3.63) is 46.4 Å². The SMILES string of the molecule is CN=C(Nc1cc(Cl)c(O)c(Cl)c1)S[C@@H]1CC(=O)N(c2ccc(OC(F)(F)Cl)cc2)C1=O. The van der Waals surface area contributed by atoms with Crippen molar-refractivity contribution in [2.75, 3.05) is 17.3 Å². The molecule has 32 heavy (non-hydrogen) atoms. The van der Waals surface area contributed by atoms with Crippen LogP contribution in [0, 0.1) is 0 Å². The van der Waals surface area contributed by atoms with Gasteiger partial charge in [-0.25, -0.2) is 4.90 Å². The third-order valence-corrected chi connectivity index (χ3v) is 5.97. The molecule has 170 valence electrons. The molecule has 1 aliphatic rings. The number of phenols is 1. The summed E-state index contributed by atoms with van der Waals surface area (Å²) in [6, 6.07) is 7.80. The molecule has 0 bridgehead atoms. The lowest BCUT2D eigenvalue weighted by atomic mass is 10.3. The summed E-state index contributed by atoms with van der Waals surface area (Å²) in [6.07, 6.45) is -0.0979. The average molecular weight is 525 g/mol. The number of amides is 2. The van der Waals surface area contributed by atoms with Crippen molar-refractivity contribution in [1.29, 1.82) is 0 Å². The number of carbonyl (C=O) groups excluding carboxylic acids is 2. The van der Waals surface area contributed by atoms with Crippen LogP contribution in [0.3, 0.4) is 0 Å². The van der Waals surface area contributed by atoms with E-state index in [9.17, 15) is 23.5 Å². The van der Waals surface area contributed by atoms with Gasteiger partial charge in [-0.2, -0.15) is 0 Å². The molecule has 0 saturated carbocycles.